The first kappa shape index (κ1) is 14.7. The van der Waals surface area contributed by atoms with Crippen LogP contribution in [0.1, 0.15) is 15.2 Å². The van der Waals surface area contributed by atoms with Crippen LogP contribution in [0.25, 0.3) is 0 Å². The Morgan fingerprint density at radius 2 is 2.00 bits per heavy atom. The van der Waals surface area contributed by atoms with E-state index in [1.54, 1.807) is 23.6 Å². The molecule has 0 saturated carbocycles. The standard InChI is InChI=1S/C12H8BrCl2NO2S/c13-7-3-8(14)10(9(15)4-7)16-5-6-1-2-19-11(6)12(17)18/h1-4,16H,5H2,(H,17,18). The molecule has 0 bridgehead atoms. The smallest absolute Gasteiger partial charge is 0.346 e. The van der Waals surface area contributed by atoms with E-state index in [2.05, 4.69) is 21.2 Å². The van der Waals surface area contributed by atoms with Gasteiger partial charge in [0.2, 0.25) is 0 Å². The molecular weight excluding hydrogens is 373 g/mol. The lowest BCUT2D eigenvalue weighted by Gasteiger charge is -2.10. The number of aromatic carboxylic acids is 1. The lowest BCUT2D eigenvalue weighted by Crippen LogP contribution is -2.04. The van der Waals surface area contributed by atoms with E-state index in [0.29, 0.717) is 32.7 Å². The third-order valence-corrected chi connectivity index (χ3v) is 4.40. The molecule has 2 N–H and O–H groups in total. The summed E-state index contributed by atoms with van der Waals surface area (Å²) in [4.78, 5) is 11.3. The van der Waals surface area contributed by atoms with Crippen molar-refractivity contribution in [1.82, 2.24) is 0 Å². The normalized spacial score (nSPS) is 10.5. The van der Waals surface area contributed by atoms with Crippen LogP contribution >= 0.6 is 50.5 Å². The number of hydrogen-bond acceptors (Lipinski definition) is 3. The molecule has 2 rings (SSSR count). The lowest BCUT2D eigenvalue weighted by molar-refractivity contribution is 0.0701. The minimum absolute atomic E-state index is 0.317. The zero-order valence-corrected chi connectivity index (χ0v) is 13.3. The van der Waals surface area contributed by atoms with Gasteiger partial charge in [-0.3, -0.25) is 0 Å². The summed E-state index contributed by atoms with van der Waals surface area (Å²) in [5, 5.41) is 14.8. The fourth-order valence-electron chi connectivity index (χ4n) is 1.56. The largest absolute Gasteiger partial charge is 0.477 e. The summed E-state index contributed by atoms with van der Waals surface area (Å²) in [6, 6.07) is 5.21. The highest BCUT2D eigenvalue weighted by Crippen LogP contribution is 2.34. The van der Waals surface area contributed by atoms with Crippen molar-refractivity contribution in [3.05, 3.63) is 48.5 Å². The summed E-state index contributed by atoms with van der Waals surface area (Å²) in [6.07, 6.45) is 0. The Kier molecular flexibility index (Phi) is 4.73. The number of halogens is 3. The molecule has 1 aromatic carbocycles. The maximum Gasteiger partial charge on any atom is 0.346 e. The fourth-order valence-corrected chi connectivity index (χ4v) is 3.66. The maximum absolute atomic E-state index is 11.0. The molecule has 1 heterocycles. The van der Waals surface area contributed by atoms with E-state index in [4.69, 9.17) is 28.3 Å². The van der Waals surface area contributed by atoms with Crippen LogP contribution in [0.2, 0.25) is 10.0 Å². The third kappa shape index (κ3) is 3.42. The second kappa shape index (κ2) is 6.13. The third-order valence-electron chi connectivity index (χ3n) is 2.40. The Morgan fingerprint density at radius 3 is 2.58 bits per heavy atom. The van der Waals surface area contributed by atoms with Gasteiger partial charge >= 0.3 is 5.97 Å². The van der Waals surface area contributed by atoms with Gasteiger partial charge in [-0.05, 0) is 29.1 Å². The summed E-state index contributed by atoms with van der Waals surface area (Å²) in [6.45, 7) is 0.353. The average Bonchev–Trinajstić information content (AvgIpc) is 2.75. The first-order valence-corrected chi connectivity index (χ1v) is 7.60. The first-order valence-electron chi connectivity index (χ1n) is 5.17. The van der Waals surface area contributed by atoms with Gasteiger partial charge in [-0.2, -0.15) is 0 Å². The van der Waals surface area contributed by atoms with Crippen molar-refractivity contribution in [3.63, 3.8) is 0 Å². The quantitative estimate of drug-likeness (QED) is 0.773. The summed E-state index contributed by atoms with van der Waals surface area (Å²) in [5.74, 6) is -0.931. The topological polar surface area (TPSA) is 49.3 Å². The SMILES string of the molecule is O=C(O)c1sccc1CNc1c(Cl)cc(Br)cc1Cl. The van der Waals surface area contributed by atoms with Gasteiger partial charge in [0.1, 0.15) is 4.88 Å². The van der Waals surface area contributed by atoms with E-state index in [1.165, 1.54) is 11.3 Å². The molecular formula is C12H8BrCl2NO2S. The van der Waals surface area contributed by atoms with Crippen LogP contribution in [0.3, 0.4) is 0 Å². The Morgan fingerprint density at radius 1 is 1.37 bits per heavy atom. The van der Waals surface area contributed by atoms with Crippen LogP contribution in [0, 0.1) is 0 Å². The molecule has 100 valence electrons. The molecule has 2 aromatic rings. The molecule has 0 saturated heterocycles. The summed E-state index contributed by atoms with van der Waals surface area (Å²) >= 11 is 16.7. The molecule has 0 amide bonds. The summed E-state index contributed by atoms with van der Waals surface area (Å²) < 4.78 is 0.787. The van der Waals surface area contributed by atoms with E-state index in [0.717, 1.165) is 4.47 Å². The maximum atomic E-state index is 11.0. The van der Waals surface area contributed by atoms with Gasteiger partial charge in [0.15, 0.2) is 0 Å². The molecule has 0 fully saturated rings. The number of hydrogen-bond donors (Lipinski definition) is 2. The van der Waals surface area contributed by atoms with Crippen molar-refractivity contribution < 1.29 is 9.90 Å². The number of carbonyl (C=O) groups is 1. The van der Waals surface area contributed by atoms with Crippen LogP contribution in [0.15, 0.2) is 28.1 Å². The predicted octanol–water partition coefficient (Wildman–Crippen LogP) is 5.13. The van der Waals surface area contributed by atoms with Crippen molar-refractivity contribution in [2.75, 3.05) is 5.32 Å². The van der Waals surface area contributed by atoms with E-state index in [1.807, 2.05) is 0 Å². The van der Waals surface area contributed by atoms with E-state index in [9.17, 15) is 4.79 Å². The van der Waals surface area contributed by atoms with Gasteiger partial charge in [-0.25, -0.2) is 4.79 Å². The molecule has 0 aliphatic carbocycles. The highest BCUT2D eigenvalue weighted by molar-refractivity contribution is 9.10. The lowest BCUT2D eigenvalue weighted by atomic mass is 10.2. The number of carboxylic acids is 1. The zero-order chi connectivity index (χ0) is 14.0. The van der Waals surface area contributed by atoms with Gasteiger partial charge < -0.3 is 10.4 Å². The number of rotatable bonds is 4. The van der Waals surface area contributed by atoms with Crippen LogP contribution in [0.4, 0.5) is 5.69 Å². The molecule has 0 aliphatic heterocycles. The Labute approximate surface area is 132 Å². The minimum atomic E-state index is -0.931. The van der Waals surface area contributed by atoms with Gasteiger partial charge in [0.05, 0.1) is 15.7 Å². The highest BCUT2D eigenvalue weighted by Gasteiger charge is 2.13. The Bertz CT molecular complexity index is 607. The fraction of sp³-hybridized carbons (Fsp3) is 0.0833. The van der Waals surface area contributed by atoms with Gasteiger partial charge in [0.25, 0.3) is 0 Å². The van der Waals surface area contributed by atoms with Crippen LogP contribution < -0.4 is 5.32 Å². The molecule has 19 heavy (non-hydrogen) atoms. The number of carboxylic acid groups (broad SMARTS) is 1. The molecule has 1 aromatic heterocycles. The van der Waals surface area contributed by atoms with E-state index >= 15 is 0 Å². The van der Waals surface area contributed by atoms with Crippen LogP contribution in [-0.4, -0.2) is 11.1 Å². The molecule has 0 unspecified atom stereocenters. The second-order valence-corrected chi connectivity index (χ2v) is 6.32. The Balaban J connectivity index is 2.19. The number of nitrogens with one attached hydrogen (secondary N) is 1. The molecule has 0 radical (unpaired) electrons. The predicted molar refractivity (Wildman–Crippen MR) is 82.8 cm³/mol. The monoisotopic (exact) mass is 379 g/mol. The van der Waals surface area contributed by atoms with Crippen LogP contribution in [-0.2, 0) is 6.54 Å². The van der Waals surface area contributed by atoms with Crippen molar-refractivity contribution >= 4 is 62.1 Å². The number of anilines is 1. The van der Waals surface area contributed by atoms with Crippen molar-refractivity contribution in [2.24, 2.45) is 0 Å². The zero-order valence-electron chi connectivity index (χ0n) is 9.41. The average molecular weight is 381 g/mol. The molecule has 0 atom stereocenters. The van der Waals surface area contributed by atoms with E-state index in [-0.39, 0.29) is 0 Å². The molecule has 0 spiro atoms. The highest BCUT2D eigenvalue weighted by atomic mass is 79.9. The number of thiophene rings is 1. The van der Waals surface area contributed by atoms with Gasteiger partial charge in [-0.15, -0.1) is 11.3 Å². The summed E-state index contributed by atoms with van der Waals surface area (Å²) in [5.41, 5.74) is 1.29. The van der Waals surface area contributed by atoms with Crippen molar-refractivity contribution in [2.45, 2.75) is 6.54 Å². The van der Waals surface area contributed by atoms with E-state index < -0.39 is 5.97 Å². The second-order valence-electron chi connectivity index (χ2n) is 3.68. The summed E-state index contributed by atoms with van der Waals surface area (Å²) in [7, 11) is 0. The first-order chi connectivity index (χ1) is 8.99. The van der Waals surface area contributed by atoms with Crippen LogP contribution in [0.5, 0.6) is 0 Å². The minimum Gasteiger partial charge on any atom is -0.477 e. The van der Waals surface area contributed by atoms with Gasteiger partial charge in [0, 0.05) is 11.0 Å². The Hall–Kier alpha value is -0.750. The molecule has 3 nitrogen and oxygen atoms in total. The van der Waals surface area contributed by atoms with Crippen molar-refractivity contribution in [1.29, 1.82) is 0 Å². The van der Waals surface area contributed by atoms with Gasteiger partial charge in [-0.1, -0.05) is 39.1 Å². The molecule has 0 aliphatic rings. The van der Waals surface area contributed by atoms with Crippen molar-refractivity contribution in [3.8, 4) is 0 Å². The molecule has 7 heteroatoms. The number of benzene rings is 1.